The Balaban J connectivity index is 0.00000242. The average molecular weight is 337 g/mol. The van der Waals surface area contributed by atoms with Crippen LogP contribution in [-0.4, -0.2) is 5.11 Å². The summed E-state index contributed by atoms with van der Waals surface area (Å²) in [5.74, 6) is 2.55. The number of rotatable bonds is 4. The van der Waals surface area contributed by atoms with Crippen LogP contribution in [0.2, 0.25) is 0 Å². The molecule has 0 saturated carbocycles. The smallest absolute Gasteiger partial charge is 0.131 e. The maximum atomic E-state index is 10.3. The zero-order chi connectivity index (χ0) is 15.5. The fourth-order valence-electron chi connectivity index (χ4n) is 2.41. The van der Waals surface area contributed by atoms with Gasteiger partial charge in [0.05, 0.1) is 0 Å². The minimum Gasteiger partial charge on any atom is -1.00 e. The van der Waals surface area contributed by atoms with E-state index in [-0.39, 0.29) is 17.8 Å². The molecular formula is C19H25ClOS. The summed E-state index contributed by atoms with van der Waals surface area (Å²) in [4.78, 5) is 0. The van der Waals surface area contributed by atoms with Gasteiger partial charge in [0, 0.05) is 11.1 Å². The second kappa shape index (κ2) is 7.94. The predicted octanol–water partition coefficient (Wildman–Crippen LogP) is 1.52. The Labute approximate surface area is 144 Å². The van der Waals surface area contributed by atoms with E-state index in [9.17, 15) is 5.11 Å². The molecule has 0 aliphatic carbocycles. The van der Waals surface area contributed by atoms with Gasteiger partial charge >= 0.3 is 0 Å². The highest BCUT2D eigenvalue weighted by Gasteiger charge is 2.20. The second-order valence-corrected chi connectivity index (χ2v) is 7.66. The number of halogens is 1. The number of hydrogen-bond acceptors (Lipinski definition) is 1. The first-order chi connectivity index (χ1) is 9.88. The van der Waals surface area contributed by atoms with Crippen molar-refractivity contribution in [1.29, 1.82) is 0 Å². The van der Waals surface area contributed by atoms with Crippen LogP contribution in [0, 0.1) is 6.92 Å². The minimum atomic E-state index is -0.0266. The van der Waals surface area contributed by atoms with Crippen molar-refractivity contribution in [2.24, 2.45) is 0 Å². The lowest BCUT2D eigenvalue weighted by Gasteiger charge is -2.22. The Hall–Kier alpha value is -1.12. The lowest BCUT2D eigenvalue weighted by atomic mass is 9.84. The van der Waals surface area contributed by atoms with Crippen molar-refractivity contribution in [3.05, 3.63) is 64.7 Å². The highest BCUT2D eigenvalue weighted by atomic mass is 35.5. The van der Waals surface area contributed by atoms with E-state index < -0.39 is 0 Å². The molecule has 0 bridgehead atoms. The summed E-state index contributed by atoms with van der Waals surface area (Å²) in [7, 11) is 0. The van der Waals surface area contributed by atoms with Crippen molar-refractivity contribution in [3.63, 3.8) is 0 Å². The maximum absolute atomic E-state index is 10.3. The van der Waals surface area contributed by atoms with E-state index in [1.807, 2.05) is 6.92 Å². The molecule has 0 atom stereocenters. The van der Waals surface area contributed by atoms with Crippen LogP contribution in [0.3, 0.4) is 0 Å². The number of hydrogen-bond donors (Lipinski definition) is 1. The first kappa shape index (κ1) is 18.9. The molecule has 2 rings (SSSR count). The summed E-state index contributed by atoms with van der Waals surface area (Å²) in [6.45, 7) is 8.43. The van der Waals surface area contributed by atoms with E-state index >= 15 is 0 Å². The zero-order valence-corrected chi connectivity index (χ0v) is 15.4. The lowest BCUT2D eigenvalue weighted by Crippen LogP contribution is -3.00. The third-order valence-corrected chi connectivity index (χ3v) is 4.78. The van der Waals surface area contributed by atoms with Crippen molar-refractivity contribution in [2.75, 3.05) is 0 Å². The first-order valence-corrected chi connectivity index (χ1v) is 8.64. The molecule has 0 spiro atoms. The van der Waals surface area contributed by atoms with Crippen molar-refractivity contribution in [2.45, 2.75) is 44.6 Å². The predicted molar refractivity (Wildman–Crippen MR) is 94.2 cm³/mol. The quantitative estimate of drug-likeness (QED) is 0.663. The molecule has 22 heavy (non-hydrogen) atoms. The van der Waals surface area contributed by atoms with Crippen LogP contribution in [0.5, 0.6) is 5.75 Å². The molecule has 0 heterocycles. The number of thiol groups is 1. The van der Waals surface area contributed by atoms with E-state index in [2.05, 4.69) is 63.2 Å². The molecule has 2 aromatic rings. The third-order valence-electron chi connectivity index (χ3n) is 3.60. The fraction of sp³-hybridized carbons (Fsp3) is 0.368. The first-order valence-electron chi connectivity index (χ1n) is 7.38. The Kier molecular flexibility index (Phi) is 6.83. The SMILES string of the molecule is Cc1cc(C[SH+]Cc2ccccc2)cc(C(C)(C)C)c1O.[Cl-]. The molecule has 3 heteroatoms. The van der Waals surface area contributed by atoms with Crippen molar-refractivity contribution < 1.29 is 17.5 Å². The molecule has 0 aliphatic rings. The summed E-state index contributed by atoms with van der Waals surface area (Å²) in [6, 6.07) is 14.9. The van der Waals surface area contributed by atoms with Crippen LogP contribution >= 0.6 is 0 Å². The normalized spacial score (nSPS) is 11.1. The number of aromatic hydroxyl groups is 1. The highest BCUT2D eigenvalue weighted by Crippen LogP contribution is 2.34. The van der Waals surface area contributed by atoms with Crippen LogP contribution in [0.4, 0.5) is 0 Å². The van der Waals surface area contributed by atoms with E-state index in [0.29, 0.717) is 5.75 Å². The number of phenols is 1. The Morgan fingerprint density at radius 2 is 1.55 bits per heavy atom. The Bertz CT molecular complexity index is 603. The van der Waals surface area contributed by atoms with Gasteiger partial charge in [-0.05, 0) is 47.4 Å². The molecule has 120 valence electrons. The van der Waals surface area contributed by atoms with Crippen molar-refractivity contribution in [3.8, 4) is 5.75 Å². The van der Waals surface area contributed by atoms with Gasteiger partial charge in [-0.2, -0.15) is 0 Å². The highest BCUT2D eigenvalue weighted by molar-refractivity contribution is 7.76. The van der Waals surface area contributed by atoms with Gasteiger partial charge in [-0.1, -0.05) is 51.1 Å². The second-order valence-electron chi connectivity index (χ2n) is 6.58. The summed E-state index contributed by atoms with van der Waals surface area (Å²) in [6.07, 6.45) is 0. The van der Waals surface area contributed by atoms with Gasteiger partial charge < -0.3 is 17.5 Å². The van der Waals surface area contributed by atoms with E-state index in [4.69, 9.17) is 0 Å². The molecule has 0 amide bonds. The van der Waals surface area contributed by atoms with Gasteiger partial charge in [0.15, 0.2) is 0 Å². The number of aryl methyl sites for hydroxylation is 1. The van der Waals surface area contributed by atoms with Crippen molar-refractivity contribution >= 4 is 11.8 Å². The third kappa shape index (κ3) is 4.96. The number of phenolic OH excluding ortho intramolecular Hbond substituents is 1. The van der Waals surface area contributed by atoms with Gasteiger partial charge in [0.25, 0.3) is 0 Å². The molecule has 0 radical (unpaired) electrons. The number of benzene rings is 2. The van der Waals surface area contributed by atoms with E-state index in [1.54, 1.807) is 0 Å². The standard InChI is InChI=1S/C19H24OS.ClH/c1-14-10-16(11-17(18(14)20)19(2,3)4)13-21-12-15-8-6-5-7-9-15;/h5-11,20H,12-13H2,1-4H3;1H. The molecular weight excluding hydrogens is 312 g/mol. The molecule has 0 aliphatic heterocycles. The van der Waals surface area contributed by atoms with E-state index in [1.165, 1.54) is 22.9 Å². The molecule has 0 unspecified atom stereocenters. The largest absolute Gasteiger partial charge is 1.00 e. The lowest BCUT2D eigenvalue weighted by molar-refractivity contribution is -0.00000587. The molecule has 1 N–H and O–H groups in total. The van der Waals surface area contributed by atoms with Gasteiger partial charge in [-0.25, -0.2) is 0 Å². The Morgan fingerprint density at radius 1 is 0.955 bits per heavy atom. The van der Waals surface area contributed by atoms with Crippen LogP contribution in [0.1, 0.15) is 43.0 Å². The van der Waals surface area contributed by atoms with Crippen LogP contribution in [-0.2, 0) is 28.7 Å². The summed E-state index contributed by atoms with van der Waals surface area (Å²) in [5.41, 5.74) is 4.69. The molecule has 0 saturated heterocycles. The molecule has 0 fully saturated rings. The van der Waals surface area contributed by atoms with Crippen LogP contribution in [0.15, 0.2) is 42.5 Å². The Morgan fingerprint density at radius 3 is 2.14 bits per heavy atom. The minimum absolute atomic E-state index is 0. The zero-order valence-electron chi connectivity index (χ0n) is 13.7. The average Bonchev–Trinajstić information content (AvgIpc) is 2.42. The molecule has 2 aromatic carbocycles. The van der Waals surface area contributed by atoms with E-state index in [0.717, 1.165) is 22.6 Å². The van der Waals surface area contributed by atoms with Gasteiger partial charge in [0.2, 0.25) is 0 Å². The molecule has 0 aromatic heterocycles. The summed E-state index contributed by atoms with van der Waals surface area (Å²) >= 11 is 1.40. The van der Waals surface area contributed by atoms with Gasteiger partial charge in [-0.3, -0.25) is 0 Å². The topological polar surface area (TPSA) is 20.2 Å². The van der Waals surface area contributed by atoms with Crippen LogP contribution in [0.25, 0.3) is 0 Å². The maximum Gasteiger partial charge on any atom is 0.131 e. The van der Waals surface area contributed by atoms with Gasteiger partial charge in [-0.15, -0.1) is 0 Å². The van der Waals surface area contributed by atoms with Gasteiger partial charge in [0.1, 0.15) is 17.3 Å². The summed E-state index contributed by atoms with van der Waals surface area (Å²) < 4.78 is 0. The fourth-order valence-corrected chi connectivity index (χ4v) is 3.44. The monoisotopic (exact) mass is 336 g/mol. The molecule has 1 nitrogen and oxygen atoms in total. The summed E-state index contributed by atoms with van der Waals surface area (Å²) in [5, 5.41) is 10.3. The van der Waals surface area contributed by atoms with Crippen LogP contribution < -0.4 is 12.4 Å². The van der Waals surface area contributed by atoms with Crippen molar-refractivity contribution in [1.82, 2.24) is 0 Å².